The molecule has 0 saturated carbocycles. The molecular formula is C25H23Br2FN6O2. The second-order valence-electron chi connectivity index (χ2n) is 9.25. The molecule has 0 N–H and O–H groups in total. The number of aromatic nitrogens is 5. The molecule has 3 heterocycles. The summed E-state index contributed by atoms with van der Waals surface area (Å²) in [7, 11) is 0. The number of hydrogen-bond donors (Lipinski definition) is 0. The van der Waals surface area contributed by atoms with Crippen LogP contribution in [0.4, 0.5) is 4.39 Å². The Morgan fingerprint density at radius 1 is 1.17 bits per heavy atom. The van der Waals surface area contributed by atoms with E-state index in [1.807, 2.05) is 37.4 Å². The molecular weight excluding hydrogens is 595 g/mol. The first-order valence-electron chi connectivity index (χ1n) is 11.5. The molecule has 0 unspecified atom stereocenters. The molecule has 1 aliphatic rings. The Bertz CT molecular complexity index is 1400. The fraction of sp³-hybridized carbons (Fsp3) is 0.320. The predicted octanol–water partition coefficient (Wildman–Crippen LogP) is 5.33. The van der Waals surface area contributed by atoms with Gasteiger partial charge in [-0.3, -0.25) is 4.79 Å². The summed E-state index contributed by atoms with van der Waals surface area (Å²) in [6.45, 7) is 5.01. The number of aryl methyl sites for hydroxylation is 1. The van der Waals surface area contributed by atoms with E-state index >= 15 is 0 Å². The Kier molecular flexibility index (Phi) is 6.78. The summed E-state index contributed by atoms with van der Waals surface area (Å²) in [6.07, 6.45) is 2.50. The average Bonchev–Trinajstić information content (AvgIpc) is 3.51. The lowest BCUT2D eigenvalue weighted by atomic mass is 9.79. The standard InChI is InChI=1S/C25H23Br2FN6O2/c1-15(19-8-7-18(27)11-20(19)28)34-12-21(30-32-34)25(2)13-33(14-25)23(35)10-9-22-29-24(31-36-22)16-3-5-17(26)6-4-16/h3-8,11-12,15H,9-10,13-14H2,1-2H3/t15-/m0/s1. The minimum atomic E-state index is -0.308. The highest BCUT2D eigenvalue weighted by atomic mass is 79.9. The number of hydrogen-bond acceptors (Lipinski definition) is 6. The van der Waals surface area contributed by atoms with E-state index in [-0.39, 0.29) is 29.6 Å². The van der Waals surface area contributed by atoms with Crippen LogP contribution in [-0.4, -0.2) is 49.0 Å². The number of carbonyl (C=O) groups is 1. The van der Waals surface area contributed by atoms with Gasteiger partial charge >= 0.3 is 0 Å². The van der Waals surface area contributed by atoms with Crippen molar-refractivity contribution >= 4 is 37.8 Å². The summed E-state index contributed by atoms with van der Waals surface area (Å²) in [6, 6.07) is 12.3. The molecule has 36 heavy (non-hydrogen) atoms. The number of benzene rings is 2. The van der Waals surface area contributed by atoms with Crippen LogP contribution >= 0.6 is 31.9 Å². The first-order valence-corrected chi connectivity index (χ1v) is 13.0. The molecule has 0 bridgehead atoms. The second-order valence-corrected chi connectivity index (χ2v) is 11.1. The molecule has 0 spiro atoms. The molecule has 8 nitrogen and oxygen atoms in total. The second kappa shape index (κ2) is 9.85. The molecule has 1 amide bonds. The lowest BCUT2D eigenvalue weighted by Gasteiger charge is -2.46. The Labute approximate surface area is 224 Å². The quantitative estimate of drug-likeness (QED) is 0.278. The van der Waals surface area contributed by atoms with Crippen LogP contribution in [0.3, 0.4) is 0 Å². The third-order valence-corrected chi connectivity index (χ3v) is 7.52. The van der Waals surface area contributed by atoms with Gasteiger partial charge in [0.05, 0.1) is 11.7 Å². The van der Waals surface area contributed by atoms with E-state index in [0.29, 0.717) is 41.3 Å². The van der Waals surface area contributed by atoms with Crippen LogP contribution in [0.15, 0.2) is 62.1 Å². The number of nitrogens with zero attached hydrogens (tertiary/aromatic N) is 6. The van der Waals surface area contributed by atoms with Gasteiger partial charge in [-0.05, 0) is 43.3 Å². The van der Waals surface area contributed by atoms with Gasteiger partial charge in [-0.15, -0.1) is 5.10 Å². The zero-order valence-corrected chi connectivity index (χ0v) is 22.8. The largest absolute Gasteiger partial charge is 0.341 e. The van der Waals surface area contributed by atoms with Gasteiger partial charge in [0.25, 0.3) is 0 Å². The maximum Gasteiger partial charge on any atom is 0.227 e. The SMILES string of the molecule is C[C@@H](c1ccc(Br)cc1F)n1cc(C2(C)CN(C(=O)CCc3nc(-c4ccc(Br)cc4)no3)C2)nn1. The third kappa shape index (κ3) is 4.99. The maximum atomic E-state index is 14.4. The Balaban J connectivity index is 1.16. The monoisotopic (exact) mass is 616 g/mol. The van der Waals surface area contributed by atoms with Crippen molar-refractivity contribution < 1.29 is 13.7 Å². The van der Waals surface area contributed by atoms with E-state index in [0.717, 1.165) is 15.7 Å². The van der Waals surface area contributed by atoms with E-state index in [9.17, 15) is 9.18 Å². The van der Waals surface area contributed by atoms with E-state index in [2.05, 4.69) is 59.2 Å². The predicted molar refractivity (Wildman–Crippen MR) is 138 cm³/mol. The average molecular weight is 618 g/mol. The van der Waals surface area contributed by atoms with Gasteiger partial charge in [0, 0.05) is 57.6 Å². The summed E-state index contributed by atoms with van der Waals surface area (Å²) in [5.74, 6) is 0.655. The van der Waals surface area contributed by atoms with Crippen molar-refractivity contribution in [2.45, 2.75) is 38.1 Å². The van der Waals surface area contributed by atoms with Gasteiger partial charge in [0.15, 0.2) is 0 Å². The smallest absolute Gasteiger partial charge is 0.227 e. The van der Waals surface area contributed by atoms with Gasteiger partial charge in [-0.1, -0.05) is 55.2 Å². The fourth-order valence-electron chi connectivity index (χ4n) is 4.30. The van der Waals surface area contributed by atoms with Gasteiger partial charge < -0.3 is 9.42 Å². The highest BCUT2D eigenvalue weighted by Crippen LogP contribution is 2.34. The Hall–Kier alpha value is -2.92. The van der Waals surface area contributed by atoms with Crippen molar-refractivity contribution in [1.29, 1.82) is 0 Å². The number of likely N-dealkylation sites (tertiary alicyclic amines) is 1. The number of carbonyl (C=O) groups excluding carboxylic acids is 1. The molecule has 11 heteroatoms. The van der Waals surface area contributed by atoms with E-state index < -0.39 is 0 Å². The summed E-state index contributed by atoms with van der Waals surface area (Å²) >= 11 is 6.69. The van der Waals surface area contributed by atoms with Gasteiger partial charge in [-0.2, -0.15) is 4.98 Å². The summed E-state index contributed by atoms with van der Waals surface area (Å²) < 4.78 is 23.0. The zero-order valence-electron chi connectivity index (χ0n) is 19.7. The zero-order chi connectivity index (χ0) is 25.4. The molecule has 1 aliphatic heterocycles. The van der Waals surface area contributed by atoms with Crippen LogP contribution < -0.4 is 0 Å². The highest BCUT2D eigenvalue weighted by Gasteiger charge is 2.44. The van der Waals surface area contributed by atoms with Crippen molar-refractivity contribution in [3.63, 3.8) is 0 Å². The molecule has 1 atom stereocenters. The summed E-state index contributed by atoms with van der Waals surface area (Å²) in [5.41, 5.74) is 1.87. The van der Waals surface area contributed by atoms with Crippen molar-refractivity contribution in [3.8, 4) is 11.4 Å². The lowest BCUT2D eigenvalue weighted by molar-refractivity contribution is -0.138. The first kappa shape index (κ1) is 24.8. The lowest BCUT2D eigenvalue weighted by Crippen LogP contribution is -2.59. The minimum Gasteiger partial charge on any atom is -0.341 e. The highest BCUT2D eigenvalue weighted by molar-refractivity contribution is 9.10. The van der Waals surface area contributed by atoms with E-state index in [1.54, 1.807) is 21.7 Å². The molecule has 1 fully saturated rings. The molecule has 2 aromatic carbocycles. The number of amides is 1. The summed E-state index contributed by atoms with van der Waals surface area (Å²) in [4.78, 5) is 18.9. The van der Waals surface area contributed by atoms with Crippen LogP contribution in [0.5, 0.6) is 0 Å². The van der Waals surface area contributed by atoms with Gasteiger partial charge in [-0.25, -0.2) is 9.07 Å². The van der Waals surface area contributed by atoms with Gasteiger partial charge in [0.2, 0.25) is 17.6 Å². The Morgan fingerprint density at radius 2 is 1.89 bits per heavy atom. The molecule has 0 aliphatic carbocycles. The number of halogens is 3. The van der Waals surface area contributed by atoms with Crippen LogP contribution in [0.1, 0.15) is 43.5 Å². The van der Waals surface area contributed by atoms with Crippen LogP contribution in [0.2, 0.25) is 0 Å². The van der Waals surface area contributed by atoms with E-state index in [1.165, 1.54) is 6.07 Å². The molecule has 2 aromatic heterocycles. The Morgan fingerprint density at radius 3 is 2.61 bits per heavy atom. The minimum absolute atomic E-state index is 0.0218. The topological polar surface area (TPSA) is 89.9 Å². The van der Waals surface area contributed by atoms with Crippen LogP contribution in [-0.2, 0) is 16.6 Å². The number of rotatable bonds is 7. The normalized spacial score (nSPS) is 15.5. The molecule has 5 rings (SSSR count). The van der Waals surface area contributed by atoms with Crippen molar-refractivity contribution in [1.82, 2.24) is 30.0 Å². The van der Waals surface area contributed by atoms with Crippen molar-refractivity contribution in [3.05, 3.63) is 80.6 Å². The fourth-order valence-corrected chi connectivity index (χ4v) is 4.90. The third-order valence-electron chi connectivity index (χ3n) is 6.49. The van der Waals surface area contributed by atoms with Gasteiger partial charge in [0.1, 0.15) is 5.82 Å². The summed E-state index contributed by atoms with van der Waals surface area (Å²) in [5, 5.41) is 12.6. The maximum absolute atomic E-state index is 14.4. The molecule has 0 radical (unpaired) electrons. The van der Waals surface area contributed by atoms with E-state index in [4.69, 9.17) is 4.52 Å². The van der Waals surface area contributed by atoms with Crippen LogP contribution in [0.25, 0.3) is 11.4 Å². The first-order chi connectivity index (χ1) is 17.2. The molecule has 1 saturated heterocycles. The van der Waals surface area contributed by atoms with Crippen molar-refractivity contribution in [2.75, 3.05) is 13.1 Å². The molecule has 4 aromatic rings. The molecule has 186 valence electrons. The van der Waals surface area contributed by atoms with Crippen LogP contribution in [0, 0.1) is 5.82 Å². The van der Waals surface area contributed by atoms with Crippen molar-refractivity contribution in [2.24, 2.45) is 0 Å².